The van der Waals surface area contributed by atoms with Crippen LogP contribution >= 0.6 is 11.8 Å². The molecule has 0 saturated carbocycles. The molecule has 3 N–H and O–H groups in total. The van der Waals surface area contributed by atoms with Crippen LogP contribution in [0, 0.1) is 13.8 Å². The summed E-state index contributed by atoms with van der Waals surface area (Å²) in [4.78, 5) is 28.8. The molecule has 0 aliphatic carbocycles. The third kappa shape index (κ3) is 3.29. The molecule has 0 fully saturated rings. The minimum Gasteiger partial charge on any atom is -0.462 e. The molecule has 28 heavy (non-hydrogen) atoms. The van der Waals surface area contributed by atoms with E-state index >= 15 is 0 Å². The van der Waals surface area contributed by atoms with Crippen molar-refractivity contribution < 1.29 is 13.9 Å². The number of aromatic amines is 1. The van der Waals surface area contributed by atoms with Crippen LogP contribution in [0.3, 0.4) is 0 Å². The van der Waals surface area contributed by atoms with Crippen molar-refractivity contribution in [1.29, 1.82) is 0 Å². The summed E-state index contributed by atoms with van der Waals surface area (Å²) in [6.45, 7) is 5.72. The average molecular weight is 397 g/mol. The zero-order valence-electron chi connectivity index (χ0n) is 15.7. The number of esters is 1. The zero-order chi connectivity index (χ0) is 19.8. The van der Waals surface area contributed by atoms with E-state index in [2.05, 4.69) is 26.0 Å². The van der Waals surface area contributed by atoms with Crippen molar-refractivity contribution in [1.82, 2.24) is 19.9 Å². The molecule has 0 aliphatic heterocycles. The molecule has 0 bridgehead atoms. The van der Waals surface area contributed by atoms with E-state index in [1.165, 1.54) is 17.3 Å². The summed E-state index contributed by atoms with van der Waals surface area (Å²) in [6, 6.07) is 6.06. The summed E-state index contributed by atoms with van der Waals surface area (Å²) >= 11 is 1.47. The largest absolute Gasteiger partial charge is 0.462 e. The number of furan rings is 1. The molecule has 8 nitrogen and oxygen atoms in total. The Bertz CT molecular complexity index is 1200. The Labute approximate surface area is 164 Å². The van der Waals surface area contributed by atoms with Gasteiger partial charge in [0.15, 0.2) is 5.16 Å². The lowest BCUT2D eigenvalue weighted by Crippen LogP contribution is -2.07. The highest BCUT2D eigenvalue weighted by atomic mass is 32.2. The number of carbonyl (C=O) groups excluding carboxylic acids is 1. The van der Waals surface area contributed by atoms with Gasteiger partial charge in [0.1, 0.15) is 23.0 Å². The first kappa shape index (κ1) is 18.3. The Morgan fingerprint density at radius 3 is 2.89 bits per heavy atom. The Kier molecular flexibility index (Phi) is 4.68. The highest BCUT2D eigenvalue weighted by Crippen LogP contribution is 2.30. The van der Waals surface area contributed by atoms with Gasteiger partial charge < -0.3 is 19.9 Å². The zero-order valence-corrected chi connectivity index (χ0v) is 16.5. The molecule has 0 spiro atoms. The van der Waals surface area contributed by atoms with Crippen LogP contribution in [0.15, 0.2) is 27.8 Å². The van der Waals surface area contributed by atoms with E-state index in [9.17, 15) is 4.79 Å². The number of imidazole rings is 1. The number of hydrogen-bond acceptors (Lipinski definition) is 8. The fourth-order valence-corrected chi connectivity index (χ4v) is 3.74. The molecule has 4 aromatic rings. The molecule has 0 amide bonds. The number of anilines is 1. The summed E-state index contributed by atoms with van der Waals surface area (Å²) in [5, 5.41) is 1.16. The first-order valence-corrected chi connectivity index (χ1v) is 9.76. The van der Waals surface area contributed by atoms with E-state index < -0.39 is 5.97 Å². The molecule has 9 heteroatoms. The Morgan fingerprint density at radius 1 is 1.29 bits per heavy atom. The molecule has 0 unspecified atom stereocenters. The van der Waals surface area contributed by atoms with Crippen molar-refractivity contribution in [2.45, 2.75) is 31.7 Å². The summed E-state index contributed by atoms with van der Waals surface area (Å²) in [7, 11) is 0. The average Bonchev–Trinajstić information content (AvgIpc) is 3.19. The molecular formula is C19H19N5O3S. The molecule has 0 atom stereocenters. The number of H-pyrrole nitrogens is 1. The van der Waals surface area contributed by atoms with E-state index in [1.807, 2.05) is 19.1 Å². The number of nitrogen functional groups attached to an aromatic ring is 1. The van der Waals surface area contributed by atoms with Crippen molar-refractivity contribution in [2.75, 3.05) is 12.3 Å². The quantitative estimate of drug-likeness (QED) is 0.386. The molecule has 0 radical (unpaired) electrons. The number of fused-ring (bicyclic) bond motifs is 2. The minimum absolute atomic E-state index is 0.195. The second-order valence-corrected chi connectivity index (χ2v) is 7.27. The van der Waals surface area contributed by atoms with Crippen molar-refractivity contribution in [3.8, 4) is 0 Å². The highest BCUT2D eigenvalue weighted by molar-refractivity contribution is 7.98. The maximum Gasteiger partial charge on any atom is 0.342 e. The number of aryl methyl sites for hydroxylation is 2. The van der Waals surface area contributed by atoms with Crippen LogP contribution in [0.5, 0.6) is 0 Å². The third-order valence-electron chi connectivity index (χ3n) is 4.24. The number of ether oxygens (including phenoxy) is 1. The molecule has 3 heterocycles. The van der Waals surface area contributed by atoms with Crippen molar-refractivity contribution in [3.05, 3.63) is 40.9 Å². The van der Waals surface area contributed by atoms with Crippen molar-refractivity contribution >= 4 is 45.7 Å². The van der Waals surface area contributed by atoms with Gasteiger partial charge in [0.25, 0.3) is 0 Å². The number of carbonyl (C=O) groups is 1. The smallest absolute Gasteiger partial charge is 0.342 e. The van der Waals surface area contributed by atoms with Crippen LogP contribution in [-0.2, 0) is 10.5 Å². The van der Waals surface area contributed by atoms with Crippen molar-refractivity contribution in [2.24, 2.45) is 0 Å². The van der Waals surface area contributed by atoms with Gasteiger partial charge in [0.2, 0.25) is 5.71 Å². The van der Waals surface area contributed by atoms with Gasteiger partial charge >= 0.3 is 5.97 Å². The lowest BCUT2D eigenvalue weighted by atomic mass is 10.2. The van der Waals surface area contributed by atoms with Gasteiger partial charge in [-0.25, -0.2) is 14.8 Å². The van der Waals surface area contributed by atoms with E-state index in [-0.39, 0.29) is 23.7 Å². The summed E-state index contributed by atoms with van der Waals surface area (Å²) in [6.07, 6.45) is 0. The normalized spacial score (nSPS) is 11.4. The maximum absolute atomic E-state index is 12.2. The Hall–Kier alpha value is -3.07. The van der Waals surface area contributed by atoms with E-state index in [4.69, 9.17) is 14.9 Å². The monoisotopic (exact) mass is 397 g/mol. The standard InChI is InChI=1S/C19H19N5O3S/c1-4-26-18(25)14-10(3)27-17-15(14)16(20)23-13(24-17)8-28-19-21-11-6-5-9(2)7-12(11)22-19/h5-7H,4,8H2,1-3H3,(H,21,22)(H2,20,23,24). The maximum atomic E-state index is 12.2. The van der Waals surface area contributed by atoms with E-state index in [0.717, 1.165) is 16.2 Å². The fourth-order valence-electron chi connectivity index (χ4n) is 3.00. The van der Waals surface area contributed by atoms with Gasteiger partial charge in [-0.1, -0.05) is 17.8 Å². The van der Waals surface area contributed by atoms with E-state index in [0.29, 0.717) is 22.7 Å². The van der Waals surface area contributed by atoms with E-state index in [1.54, 1.807) is 13.8 Å². The fraction of sp³-hybridized carbons (Fsp3) is 0.263. The van der Waals surface area contributed by atoms with Gasteiger partial charge in [-0.15, -0.1) is 0 Å². The number of aromatic nitrogens is 4. The summed E-state index contributed by atoms with van der Waals surface area (Å²) in [5.41, 5.74) is 9.72. The topological polar surface area (TPSA) is 120 Å². The number of nitrogens with two attached hydrogens (primary N) is 1. The van der Waals surface area contributed by atoms with Crippen LogP contribution in [-0.4, -0.2) is 32.5 Å². The SMILES string of the molecule is CCOC(=O)c1c(C)oc2nc(CSc3nc4ccc(C)cc4[nH]3)nc(N)c12. The Morgan fingerprint density at radius 2 is 2.11 bits per heavy atom. The van der Waals surface area contributed by atoms with Gasteiger partial charge in [0.05, 0.1) is 28.8 Å². The number of thioether (sulfide) groups is 1. The number of nitrogens with one attached hydrogen (secondary N) is 1. The lowest BCUT2D eigenvalue weighted by Gasteiger charge is -2.03. The molecule has 144 valence electrons. The molecule has 3 aromatic heterocycles. The predicted octanol–water partition coefficient (Wildman–Crippen LogP) is 3.77. The number of hydrogen-bond donors (Lipinski definition) is 2. The predicted molar refractivity (Wildman–Crippen MR) is 107 cm³/mol. The molecule has 0 aliphatic rings. The Balaban J connectivity index is 1.61. The van der Waals surface area contributed by atoms with Gasteiger partial charge in [0, 0.05) is 0 Å². The van der Waals surface area contributed by atoms with Crippen molar-refractivity contribution in [3.63, 3.8) is 0 Å². The molecule has 4 rings (SSSR count). The van der Waals surface area contributed by atoms with Crippen LogP contribution in [0.1, 0.15) is 34.4 Å². The van der Waals surface area contributed by atoms with Crippen LogP contribution in [0.25, 0.3) is 22.1 Å². The van der Waals surface area contributed by atoms with Gasteiger partial charge in [-0.3, -0.25) is 0 Å². The van der Waals surface area contributed by atoms with Crippen LogP contribution < -0.4 is 5.73 Å². The highest BCUT2D eigenvalue weighted by Gasteiger charge is 2.23. The van der Waals surface area contributed by atoms with Gasteiger partial charge in [-0.05, 0) is 38.5 Å². The number of benzene rings is 1. The lowest BCUT2D eigenvalue weighted by molar-refractivity contribution is 0.0526. The first-order chi connectivity index (χ1) is 13.5. The minimum atomic E-state index is -0.492. The number of nitrogens with zero attached hydrogens (tertiary/aromatic N) is 3. The van der Waals surface area contributed by atoms with Crippen LogP contribution in [0.2, 0.25) is 0 Å². The summed E-state index contributed by atoms with van der Waals surface area (Å²) in [5.74, 6) is 1.06. The van der Waals surface area contributed by atoms with Gasteiger partial charge in [-0.2, -0.15) is 4.98 Å². The first-order valence-electron chi connectivity index (χ1n) is 8.78. The molecule has 0 saturated heterocycles. The second kappa shape index (κ2) is 7.16. The number of rotatable bonds is 5. The second-order valence-electron chi connectivity index (χ2n) is 6.31. The summed E-state index contributed by atoms with van der Waals surface area (Å²) < 4.78 is 10.7. The third-order valence-corrected chi connectivity index (χ3v) is 5.10. The van der Waals surface area contributed by atoms with Crippen LogP contribution in [0.4, 0.5) is 5.82 Å². The molecule has 1 aromatic carbocycles. The molecular weight excluding hydrogens is 378 g/mol.